The molecule has 2 aromatic rings. The Bertz CT molecular complexity index is 753. The lowest BCUT2D eigenvalue weighted by Gasteiger charge is -2.25. The molecule has 0 saturated heterocycles. The number of nitrogens with one attached hydrogen (secondary N) is 2. The molecule has 3 nitrogen and oxygen atoms in total. The van der Waals surface area contributed by atoms with Gasteiger partial charge >= 0.3 is 6.18 Å². The van der Waals surface area contributed by atoms with Crippen LogP contribution in [0.15, 0.2) is 48.5 Å². The van der Waals surface area contributed by atoms with Gasteiger partial charge in [0, 0.05) is 11.6 Å². The van der Waals surface area contributed by atoms with E-state index in [0.29, 0.717) is 11.3 Å². The minimum Gasteiger partial charge on any atom is -0.381 e. The Balaban J connectivity index is 1.86. The number of amides is 1. The molecule has 1 amide bonds. The Hall–Kier alpha value is -2.50. The molecule has 1 fully saturated rings. The van der Waals surface area contributed by atoms with E-state index in [1.807, 2.05) is 0 Å². The summed E-state index contributed by atoms with van der Waals surface area (Å²) in [6, 6.07) is 12.1. The molecule has 0 unspecified atom stereocenters. The van der Waals surface area contributed by atoms with Gasteiger partial charge in [0.15, 0.2) is 0 Å². The predicted molar refractivity (Wildman–Crippen MR) is 96.3 cm³/mol. The van der Waals surface area contributed by atoms with Gasteiger partial charge in [-0.15, -0.1) is 0 Å². The number of hydrogen-bond donors (Lipinski definition) is 2. The van der Waals surface area contributed by atoms with Crippen LogP contribution in [-0.4, -0.2) is 11.9 Å². The van der Waals surface area contributed by atoms with Crippen molar-refractivity contribution in [2.24, 2.45) is 0 Å². The predicted octanol–water partition coefficient (Wildman–Crippen LogP) is 5.70. The van der Waals surface area contributed by atoms with Gasteiger partial charge in [0.05, 0.1) is 16.9 Å². The SMILES string of the molecule is O=C(Nc1cc(C(F)(F)F)ccc1NC1CCCCC1)c1ccccc1. The molecule has 0 atom stereocenters. The summed E-state index contributed by atoms with van der Waals surface area (Å²) in [5.74, 6) is -0.434. The van der Waals surface area contributed by atoms with Crippen molar-refractivity contribution >= 4 is 17.3 Å². The Morgan fingerprint density at radius 2 is 1.62 bits per heavy atom. The minimum atomic E-state index is -4.46. The Kier molecular flexibility index (Phi) is 5.49. The zero-order chi connectivity index (χ0) is 18.6. The Morgan fingerprint density at radius 3 is 2.27 bits per heavy atom. The molecule has 138 valence electrons. The maximum Gasteiger partial charge on any atom is 0.416 e. The number of anilines is 2. The fourth-order valence-electron chi connectivity index (χ4n) is 3.20. The van der Waals surface area contributed by atoms with Crippen molar-refractivity contribution in [1.29, 1.82) is 0 Å². The van der Waals surface area contributed by atoms with Crippen molar-refractivity contribution in [2.75, 3.05) is 10.6 Å². The van der Waals surface area contributed by atoms with Crippen molar-refractivity contribution in [2.45, 2.75) is 44.3 Å². The molecule has 0 radical (unpaired) electrons. The lowest BCUT2D eigenvalue weighted by atomic mass is 9.95. The van der Waals surface area contributed by atoms with Crippen LogP contribution in [0, 0.1) is 0 Å². The highest BCUT2D eigenvalue weighted by Gasteiger charge is 2.31. The summed E-state index contributed by atoms with van der Waals surface area (Å²) in [6.45, 7) is 0. The number of carbonyl (C=O) groups excluding carboxylic acids is 1. The van der Waals surface area contributed by atoms with Gasteiger partial charge in [-0.1, -0.05) is 37.5 Å². The van der Waals surface area contributed by atoms with Crippen LogP contribution in [0.2, 0.25) is 0 Å². The summed E-state index contributed by atoms with van der Waals surface area (Å²) < 4.78 is 39.3. The summed E-state index contributed by atoms with van der Waals surface area (Å²) in [5, 5.41) is 5.93. The van der Waals surface area contributed by atoms with Crippen LogP contribution in [-0.2, 0) is 6.18 Å². The second-order valence-electron chi connectivity index (χ2n) is 6.56. The molecule has 0 heterocycles. The molecule has 2 aromatic carbocycles. The van der Waals surface area contributed by atoms with Crippen LogP contribution in [0.3, 0.4) is 0 Å². The third kappa shape index (κ3) is 4.56. The highest BCUT2D eigenvalue weighted by atomic mass is 19.4. The zero-order valence-corrected chi connectivity index (χ0v) is 14.3. The summed E-state index contributed by atoms with van der Waals surface area (Å²) in [6.07, 6.45) is 0.882. The van der Waals surface area contributed by atoms with Gasteiger partial charge < -0.3 is 10.6 Å². The average Bonchev–Trinajstić information content (AvgIpc) is 2.64. The van der Waals surface area contributed by atoms with Crippen molar-refractivity contribution in [3.8, 4) is 0 Å². The van der Waals surface area contributed by atoms with Crippen LogP contribution in [0.25, 0.3) is 0 Å². The molecule has 3 rings (SSSR count). The average molecular weight is 362 g/mol. The Morgan fingerprint density at radius 1 is 0.923 bits per heavy atom. The number of hydrogen-bond acceptors (Lipinski definition) is 2. The summed E-state index contributed by atoms with van der Waals surface area (Å²) in [7, 11) is 0. The maximum atomic E-state index is 13.1. The van der Waals surface area contributed by atoms with E-state index in [1.54, 1.807) is 30.3 Å². The van der Waals surface area contributed by atoms with Crippen LogP contribution < -0.4 is 10.6 Å². The van der Waals surface area contributed by atoms with E-state index in [1.165, 1.54) is 12.5 Å². The largest absolute Gasteiger partial charge is 0.416 e. The molecule has 2 N–H and O–H groups in total. The van der Waals surface area contributed by atoms with Crippen molar-refractivity contribution in [3.05, 3.63) is 59.7 Å². The van der Waals surface area contributed by atoms with Crippen molar-refractivity contribution < 1.29 is 18.0 Å². The van der Waals surface area contributed by atoms with Gasteiger partial charge in [-0.2, -0.15) is 13.2 Å². The first-order valence-corrected chi connectivity index (χ1v) is 8.77. The normalized spacial score (nSPS) is 15.5. The molecular weight excluding hydrogens is 341 g/mol. The van der Waals surface area contributed by atoms with Gasteiger partial charge in [-0.25, -0.2) is 0 Å². The van der Waals surface area contributed by atoms with E-state index < -0.39 is 17.6 Å². The zero-order valence-electron chi connectivity index (χ0n) is 14.3. The van der Waals surface area contributed by atoms with Crippen molar-refractivity contribution in [3.63, 3.8) is 0 Å². The lowest BCUT2D eigenvalue weighted by Crippen LogP contribution is -2.24. The molecule has 1 aliphatic rings. The van der Waals surface area contributed by atoms with E-state index >= 15 is 0 Å². The van der Waals surface area contributed by atoms with Gasteiger partial charge in [-0.05, 0) is 43.2 Å². The number of rotatable bonds is 4. The molecule has 0 aliphatic heterocycles. The van der Waals surface area contributed by atoms with Crippen LogP contribution >= 0.6 is 0 Å². The minimum absolute atomic E-state index is 0.152. The first-order chi connectivity index (χ1) is 12.4. The van der Waals surface area contributed by atoms with Gasteiger partial charge in [-0.3, -0.25) is 4.79 Å². The standard InChI is InChI=1S/C20H21F3N2O/c21-20(22,23)15-11-12-17(24-16-9-5-2-6-10-16)18(13-15)25-19(26)14-7-3-1-4-8-14/h1,3-4,7-8,11-13,16,24H,2,5-6,9-10H2,(H,25,26). The first-order valence-electron chi connectivity index (χ1n) is 8.77. The van der Waals surface area contributed by atoms with Crippen LogP contribution in [0.5, 0.6) is 0 Å². The van der Waals surface area contributed by atoms with Crippen LogP contribution in [0.4, 0.5) is 24.5 Å². The number of alkyl halides is 3. The fraction of sp³-hybridized carbons (Fsp3) is 0.350. The summed E-state index contributed by atoms with van der Waals surface area (Å²) >= 11 is 0. The maximum absolute atomic E-state index is 13.1. The van der Waals surface area contributed by atoms with Crippen LogP contribution in [0.1, 0.15) is 48.0 Å². The number of halogens is 3. The molecule has 6 heteroatoms. The summed E-state index contributed by atoms with van der Waals surface area (Å²) in [4.78, 5) is 12.4. The number of benzene rings is 2. The molecule has 0 bridgehead atoms. The first kappa shape index (κ1) is 18.3. The molecule has 26 heavy (non-hydrogen) atoms. The Labute approximate surface area is 150 Å². The monoisotopic (exact) mass is 362 g/mol. The molecular formula is C20H21F3N2O. The van der Waals surface area contributed by atoms with E-state index in [-0.39, 0.29) is 11.7 Å². The van der Waals surface area contributed by atoms with Gasteiger partial charge in [0.2, 0.25) is 0 Å². The smallest absolute Gasteiger partial charge is 0.381 e. The third-order valence-electron chi connectivity index (χ3n) is 4.60. The second-order valence-corrected chi connectivity index (χ2v) is 6.56. The van der Waals surface area contributed by atoms with Gasteiger partial charge in [0.25, 0.3) is 5.91 Å². The van der Waals surface area contributed by atoms with E-state index in [2.05, 4.69) is 10.6 Å². The quantitative estimate of drug-likeness (QED) is 0.732. The summed E-state index contributed by atoms with van der Waals surface area (Å²) in [5.41, 5.74) is 0.289. The van der Waals surface area contributed by atoms with Crippen molar-refractivity contribution in [1.82, 2.24) is 0 Å². The molecule has 0 aromatic heterocycles. The third-order valence-corrected chi connectivity index (χ3v) is 4.60. The van der Waals surface area contributed by atoms with E-state index in [0.717, 1.165) is 37.8 Å². The second kappa shape index (κ2) is 7.81. The van der Waals surface area contributed by atoms with E-state index in [4.69, 9.17) is 0 Å². The highest BCUT2D eigenvalue weighted by molar-refractivity contribution is 6.05. The number of carbonyl (C=O) groups is 1. The topological polar surface area (TPSA) is 41.1 Å². The fourth-order valence-corrected chi connectivity index (χ4v) is 3.20. The molecule has 1 aliphatic carbocycles. The van der Waals surface area contributed by atoms with E-state index in [9.17, 15) is 18.0 Å². The molecule has 1 saturated carbocycles. The molecule has 0 spiro atoms. The lowest BCUT2D eigenvalue weighted by molar-refractivity contribution is -0.137. The van der Waals surface area contributed by atoms with Gasteiger partial charge in [0.1, 0.15) is 0 Å². The highest BCUT2D eigenvalue weighted by Crippen LogP contribution is 2.35.